The third-order valence-electron chi connectivity index (χ3n) is 5.31. The van der Waals surface area contributed by atoms with Gasteiger partial charge in [0, 0.05) is 29.5 Å². The number of rotatable bonds is 8. The van der Waals surface area contributed by atoms with E-state index in [9.17, 15) is 29.1 Å². The fourth-order valence-corrected chi connectivity index (χ4v) is 3.51. The Bertz CT molecular complexity index is 1270. The smallest absolute Gasteiger partial charge is 0.396 e. The Labute approximate surface area is 197 Å². The van der Waals surface area contributed by atoms with Gasteiger partial charge in [-0.3, -0.25) is 19.1 Å². The fraction of sp³-hybridized carbons (Fsp3) is 0.381. The number of H-pyrrole nitrogens is 1. The summed E-state index contributed by atoms with van der Waals surface area (Å²) in [4.78, 5) is 64.5. The number of azide groups is 1. The van der Waals surface area contributed by atoms with Crippen LogP contribution in [0.5, 0.6) is 0 Å². The molecular formula is C21H22N6O8. The summed E-state index contributed by atoms with van der Waals surface area (Å²) in [5, 5.41) is 15.1. The van der Waals surface area contributed by atoms with Crippen LogP contribution in [0.15, 0.2) is 51.2 Å². The highest BCUT2D eigenvalue weighted by atomic mass is 16.6. The molecule has 0 bridgehead atoms. The number of ether oxygens (including phenoxy) is 2. The maximum absolute atomic E-state index is 12.2. The number of hydrogen-bond donors (Lipinski definition) is 3. The van der Waals surface area contributed by atoms with Crippen LogP contribution in [0.2, 0.25) is 0 Å². The highest BCUT2D eigenvalue weighted by Gasteiger charge is 2.37. The van der Waals surface area contributed by atoms with E-state index in [4.69, 9.17) is 15.0 Å². The van der Waals surface area contributed by atoms with Crippen molar-refractivity contribution in [3.63, 3.8) is 0 Å². The lowest BCUT2D eigenvalue weighted by Gasteiger charge is -2.17. The number of aromatic amines is 1. The lowest BCUT2D eigenvalue weighted by molar-refractivity contribution is -0.159. The Balaban J connectivity index is 1.63. The van der Waals surface area contributed by atoms with Crippen LogP contribution in [0.4, 0.5) is 0 Å². The number of nitrogens with one attached hydrogen (secondary N) is 2. The predicted molar refractivity (Wildman–Crippen MR) is 118 cm³/mol. The molecule has 4 atom stereocenters. The summed E-state index contributed by atoms with van der Waals surface area (Å²) in [5.41, 5.74) is 8.44. The second-order valence-corrected chi connectivity index (χ2v) is 7.77. The Kier molecular flexibility index (Phi) is 8.02. The number of hydrogen-bond acceptors (Lipinski definition) is 8. The van der Waals surface area contributed by atoms with Gasteiger partial charge in [0.1, 0.15) is 25.0 Å². The van der Waals surface area contributed by atoms with E-state index in [0.717, 1.165) is 4.57 Å². The predicted octanol–water partition coefficient (Wildman–Crippen LogP) is 0.167. The third kappa shape index (κ3) is 6.34. The summed E-state index contributed by atoms with van der Waals surface area (Å²) in [6.45, 7) is 0.995. The first kappa shape index (κ1) is 25.2. The molecule has 35 heavy (non-hydrogen) atoms. The van der Waals surface area contributed by atoms with E-state index in [1.165, 1.54) is 13.1 Å². The van der Waals surface area contributed by atoms with Crippen molar-refractivity contribution in [3.05, 3.63) is 78.9 Å². The van der Waals surface area contributed by atoms with Gasteiger partial charge in [-0.25, -0.2) is 14.4 Å². The number of carboxylic acids is 1. The van der Waals surface area contributed by atoms with Crippen LogP contribution in [0.3, 0.4) is 0 Å². The molecule has 1 amide bonds. The first-order valence-corrected chi connectivity index (χ1v) is 10.5. The molecule has 0 radical (unpaired) electrons. The molecule has 1 aromatic carbocycles. The van der Waals surface area contributed by atoms with Gasteiger partial charge in [-0.05, 0) is 18.0 Å². The summed E-state index contributed by atoms with van der Waals surface area (Å²) >= 11 is 0. The lowest BCUT2D eigenvalue weighted by Crippen LogP contribution is -2.46. The van der Waals surface area contributed by atoms with Crippen molar-refractivity contribution >= 4 is 17.8 Å². The Morgan fingerprint density at radius 2 is 2.06 bits per heavy atom. The van der Waals surface area contributed by atoms with Gasteiger partial charge in [0.15, 0.2) is 0 Å². The van der Waals surface area contributed by atoms with Crippen LogP contribution < -0.4 is 16.6 Å². The molecule has 1 aromatic heterocycles. The average molecular weight is 486 g/mol. The molecular weight excluding hydrogens is 464 g/mol. The molecule has 0 spiro atoms. The standard InChI is InChI=1S/C21H22N6O8/c1-11-9-27(21(33)24-17(11)28)16-8-13(25-26-22)15(35-16)10-34-20(32)18(29)23-14(19(30)31)7-12-5-3-2-4-6-12/h2-6,9,13-16H,7-8,10H2,1H3,(H,23,29)(H,30,31)(H,24,28,33)/t13-,14?,15+,16+/m0/s1. The van der Waals surface area contributed by atoms with Crippen LogP contribution in [0.25, 0.3) is 10.4 Å². The number of carboxylic acid groups (broad SMARTS) is 1. The molecule has 1 unspecified atom stereocenters. The van der Waals surface area contributed by atoms with Crippen molar-refractivity contribution in [1.82, 2.24) is 14.9 Å². The number of carbonyl (C=O) groups is 3. The number of benzene rings is 1. The molecule has 14 nitrogen and oxygen atoms in total. The Morgan fingerprint density at radius 3 is 2.71 bits per heavy atom. The first-order chi connectivity index (χ1) is 16.7. The molecule has 2 heterocycles. The van der Waals surface area contributed by atoms with Crippen LogP contribution in [0, 0.1) is 6.92 Å². The molecule has 2 aromatic rings. The summed E-state index contributed by atoms with van der Waals surface area (Å²) in [6, 6.07) is 6.33. The topological polar surface area (TPSA) is 206 Å². The number of esters is 1. The molecule has 184 valence electrons. The quantitative estimate of drug-likeness (QED) is 0.154. The third-order valence-corrected chi connectivity index (χ3v) is 5.31. The summed E-state index contributed by atoms with van der Waals surface area (Å²) < 4.78 is 11.8. The van der Waals surface area contributed by atoms with E-state index in [1.54, 1.807) is 30.3 Å². The molecule has 3 rings (SSSR count). The first-order valence-electron chi connectivity index (χ1n) is 10.5. The zero-order chi connectivity index (χ0) is 25.5. The normalized spacial score (nSPS) is 19.9. The molecule has 3 N–H and O–H groups in total. The van der Waals surface area contributed by atoms with Crippen LogP contribution in [-0.2, 0) is 30.3 Å². The lowest BCUT2D eigenvalue weighted by atomic mass is 10.1. The number of amides is 1. The van der Waals surface area contributed by atoms with Crippen LogP contribution >= 0.6 is 0 Å². The SMILES string of the molecule is Cc1cn([C@H]2C[C@H](N=[N+]=[N-])[C@@H](COC(=O)C(=O)NC(Cc3ccccc3)C(=O)O)O2)c(=O)[nH]c1=O. The minimum Gasteiger partial charge on any atom is -0.480 e. The van der Waals surface area contributed by atoms with Crippen molar-refractivity contribution in [2.45, 2.75) is 44.2 Å². The van der Waals surface area contributed by atoms with Gasteiger partial charge >= 0.3 is 23.5 Å². The summed E-state index contributed by atoms with van der Waals surface area (Å²) in [6.07, 6.45) is -0.629. The zero-order valence-corrected chi connectivity index (χ0v) is 18.5. The van der Waals surface area contributed by atoms with Gasteiger partial charge in [-0.2, -0.15) is 0 Å². The molecule has 14 heteroatoms. The monoisotopic (exact) mass is 486 g/mol. The van der Waals surface area contributed by atoms with Crippen molar-refractivity contribution < 1.29 is 29.0 Å². The van der Waals surface area contributed by atoms with Gasteiger partial charge in [0.05, 0.1) is 6.04 Å². The molecule has 1 aliphatic heterocycles. The minimum absolute atomic E-state index is 0.0437. The van der Waals surface area contributed by atoms with E-state index in [1.807, 2.05) is 0 Å². The van der Waals surface area contributed by atoms with E-state index in [-0.39, 0.29) is 18.4 Å². The fourth-order valence-electron chi connectivity index (χ4n) is 3.51. The molecule has 0 aliphatic carbocycles. The van der Waals surface area contributed by atoms with Crippen molar-refractivity contribution in [2.75, 3.05) is 6.61 Å². The van der Waals surface area contributed by atoms with Gasteiger partial charge in [-0.1, -0.05) is 35.4 Å². The van der Waals surface area contributed by atoms with Gasteiger partial charge in [-0.15, -0.1) is 0 Å². The number of nitrogens with zero attached hydrogens (tertiary/aromatic N) is 4. The summed E-state index contributed by atoms with van der Waals surface area (Å²) in [7, 11) is 0. The van der Waals surface area contributed by atoms with Gasteiger partial charge in [0.25, 0.3) is 5.56 Å². The number of aromatic nitrogens is 2. The molecule has 1 saturated heterocycles. The second-order valence-electron chi connectivity index (χ2n) is 7.77. The van der Waals surface area contributed by atoms with Crippen molar-refractivity contribution in [3.8, 4) is 0 Å². The van der Waals surface area contributed by atoms with Gasteiger partial charge in [0.2, 0.25) is 0 Å². The van der Waals surface area contributed by atoms with E-state index < -0.39 is 60.1 Å². The second kappa shape index (κ2) is 11.1. The van der Waals surface area contributed by atoms with E-state index >= 15 is 0 Å². The van der Waals surface area contributed by atoms with Crippen molar-refractivity contribution in [1.29, 1.82) is 0 Å². The maximum Gasteiger partial charge on any atom is 0.396 e. The maximum atomic E-state index is 12.2. The molecule has 1 aliphatic rings. The largest absolute Gasteiger partial charge is 0.480 e. The molecule has 1 fully saturated rings. The van der Waals surface area contributed by atoms with Crippen LogP contribution in [0.1, 0.15) is 23.8 Å². The summed E-state index contributed by atoms with van der Waals surface area (Å²) in [5.74, 6) is -3.95. The van der Waals surface area contributed by atoms with E-state index in [0.29, 0.717) is 5.56 Å². The number of carbonyl (C=O) groups excluding carboxylic acids is 2. The molecule has 0 saturated carbocycles. The Morgan fingerprint density at radius 1 is 1.34 bits per heavy atom. The van der Waals surface area contributed by atoms with Crippen molar-refractivity contribution in [2.24, 2.45) is 5.11 Å². The van der Waals surface area contributed by atoms with E-state index in [2.05, 4.69) is 20.3 Å². The highest BCUT2D eigenvalue weighted by Crippen LogP contribution is 2.30. The Hall–Kier alpha value is -4.42. The highest BCUT2D eigenvalue weighted by molar-refractivity contribution is 6.32. The minimum atomic E-state index is -1.36. The van der Waals surface area contributed by atoms with Crippen LogP contribution in [-0.4, -0.2) is 57.3 Å². The zero-order valence-electron chi connectivity index (χ0n) is 18.5. The van der Waals surface area contributed by atoms with Gasteiger partial charge < -0.3 is 19.9 Å². The number of aliphatic carboxylic acids is 1. The average Bonchev–Trinajstić information content (AvgIpc) is 3.22. The number of aryl methyl sites for hydroxylation is 1.